The van der Waals surface area contributed by atoms with Gasteiger partial charge >= 0.3 is 0 Å². The zero-order chi connectivity index (χ0) is 17.4. The molecule has 1 aliphatic heterocycles. The lowest BCUT2D eigenvalue weighted by atomic mass is 9.96. The monoisotopic (exact) mass is 331 g/mol. The zero-order valence-corrected chi connectivity index (χ0v) is 14.6. The smallest absolute Gasteiger partial charge is 0.153 e. The molecule has 0 radical (unpaired) electrons. The third-order valence-electron chi connectivity index (χ3n) is 4.76. The van der Waals surface area contributed by atoms with Crippen LogP contribution in [0.15, 0.2) is 49.4 Å². The van der Waals surface area contributed by atoms with Crippen molar-refractivity contribution in [2.24, 2.45) is 0 Å². The van der Waals surface area contributed by atoms with Gasteiger partial charge in [0.1, 0.15) is 0 Å². The molecule has 0 unspecified atom stereocenters. The molecule has 4 rings (SSSR count). The van der Waals surface area contributed by atoms with Gasteiger partial charge < -0.3 is 4.90 Å². The highest BCUT2D eigenvalue weighted by Crippen LogP contribution is 2.28. The molecule has 4 heterocycles. The maximum absolute atomic E-state index is 4.61. The van der Waals surface area contributed by atoms with E-state index < -0.39 is 0 Å². The van der Waals surface area contributed by atoms with Crippen LogP contribution >= 0.6 is 0 Å². The number of nitrogens with zero attached hydrogens (tertiary/aromatic N) is 5. The summed E-state index contributed by atoms with van der Waals surface area (Å²) >= 11 is 0. The van der Waals surface area contributed by atoms with Crippen LogP contribution in [0.1, 0.15) is 28.9 Å². The number of aryl methyl sites for hydroxylation is 1. The second-order valence-electron chi connectivity index (χ2n) is 6.53. The summed E-state index contributed by atoms with van der Waals surface area (Å²) in [6, 6.07) is 6.12. The first kappa shape index (κ1) is 15.7. The quantitative estimate of drug-likeness (QED) is 0.739. The van der Waals surface area contributed by atoms with Gasteiger partial charge in [0.15, 0.2) is 5.65 Å². The van der Waals surface area contributed by atoms with Crippen molar-refractivity contribution >= 4 is 16.8 Å². The Hall–Kier alpha value is -2.79. The van der Waals surface area contributed by atoms with Crippen molar-refractivity contribution in [3.8, 4) is 0 Å². The highest BCUT2D eigenvalue weighted by molar-refractivity contribution is 5.80. The first-order chi connectivity index (χ1) is 12.1. The Morgan fingerprint density at radius 1 is 1.24 bits per heavy atom. The number of rotatable bonds is 3. The third-order valence-corrected chi connectivity index (χ3v) is 4.76. The molecule has 25 heavy (non-hydrogen) atoms. The van der Waals surface area contributed by atoms with Crippen molar-refractivity contribution in [2.45, 2.75) is 13.3 Å². The van der Waals surface area contributed by atoms with Crippen LogP contribution in [-0.2, 0) is 0 Å². The summed E-state index contributed by atoms with van der Waals surface area (Å²) in [5.74, 6) is 0. The molecule has 0 N–H and O–H groups in total. The van der Waals surface area contributed by atoms with E-state index in [4.69, 9.17) is 0 Å². The van der Waals surface area contributed by atoms with E-state index in [-0.39, 0.29) is 0 Å². The van der Waals surface area contributed by atoms with Crippen LogP contribution in [0.5, 0.6) is 0 Å². The van der Waals surface area contributed by atoms with Gasteiger partial charge in [-0.15, -0.1) is 0 Å². The Kier molecular flexibility index (Phi) is 3.93. The zero-order valence-electron chi connectivity index (χ0n) is 14.6. The van der Waals surface area contributed by atoms with Crippen LogP contribution in [0, 0.1) is 6.92 Å². The normalized spacial score (nSPS) is 15.4. The van der Waals surface area contributed by atoms with E-state index in [0.717, 1.165) is 47.7 Å². The molecule has 3 aromatic rings. The van der Waals surface area contributed by atoms with Crippen molar-refractivity contribution in [1.29, 1.82) is 0 Å². The number of hydrogen-bond acceptors (Lipinski definition) is 4. The van der Waals surface area contributed by atoms with E-state index in [2.05, 4.69) is 45.7 Å². The van der Waals surface area contributed by atoms with Gasteiger partial charge in [0.2, 0.25) is 0 Å². The van der Waals surface area contributed by atoms with Gasteiger partial charge in [-0.05, 0) is 49.7 Å². The van der Waals surface area contributed by atoms with Crippen molar-refractivity contribution in [2.75, 3.05) is 20.1 Å². The Morgan fingerprint density at radius 2 is 2.12 bits per heavy atom. The van der Waals surface area contributed by atoms with Gasteiger partial charge in [-0.2, -0.15) is 5.10 Å². The molecule has 0 fully saturated rings. The lowest BCUT2D eigenvalue weighted by Crippen LogP contribution is -2.23. The van der Waals surface area contributed by atoms with Crippen LogP contribution in [0.4, 0.5) is 0 Å². The van der Waals surface area contributed by atoms with E-state index >= 15 is 0 Å². The molecule has 1 aliphatic rings. The Balaban J connectivity index is 1.71. The largest absolute Gasteiger partial charge is 0.302 e. The molecule has 0 saturated heterocycles. The van der Waals surface area contributed by atoms with E-state index in [1.807, 2.05) is 31.5 Å². The average molecular weight is 331 g/mol. The highest BCUT2D eigenvalue weighted by Gasteiger charge is 2.14. The maximum atomic E-state index is 4.61. The molecule has 3 aromatic heterocycles. The van der Waals surface area contributed by atoms with Crippen LogP contribution < -0.4 is 0 Å². The van der Waals surface area contributed by atoms with E-state index in [1.165, 1.54) is 11.1 Å². The average Bonchev–Trinajstić information content (AvgIpc) is 3.10. The topological polar surface area (TPSA) is 46.3 Å². The highest BCUT2D eigenvalue weighted by atomic mass is 15.2. The predicted octanol–water partition coefficient (Wildman–Crippen LogP) is 3.21. The summed E-state index contributed by atoms with van der Waals surface area (Å²) < 4.78 is 1.77. The minimum absolute atomic E-state index is 0.830. The Bertz CT molecular complexity index is 983. The molecule has 0 bridgehead atoms. The molecule has 0 aliphatic carbocycles. The molecule has 5 heteroatoms. The molecule has 0 spiro atoms. The molecule has 126 valence electrons. The van der Waals surface area contributed by atoms with Crippen molar-refractivity contribution in [3.05, 3.63) is 72.0 Å². The fourth-order valence-electron chi connectivity index (χ4n) is 3.16. The first-order valence-electron chi connectivity index (χ1n) is 8.46. The van der Waals surface area contributed by atoms with Crippen molar-refractivity contribution in [1.82, 2.24) is 24.5 Å². The predicted molar refractivity (Wildman–Crippen MR) is 100 cm³/mol. The van der Waals surface area contributed by atoms with Crippen LogP contribution in [0.3, 0.4) is 0 Å². The van der Waals surface area contributed by atoms with Crippen LogP contribution in [-0.4, -0.2) is 44.6 Å². The number of likely N-dealkylation sites (N-methyl/N-ethyl adjacent to an activating group) is 1. The SMILES string of the molecule is C=C(c1ccc2nccn2n1)c1cc(C2=CCN(C)CC2)cnc1C. The lowest BCUT2D eigenvalue weighted by Gasteiger charge is -2.22. The number of aromatic nitrogens is 4. The van der Waals surface area contributed by atoms with E-state index in [9.17, 15) is 0 Å². The molecule has 0 saturated carbocycles. The Labute approximate surface area is 147 Å². The minimum Gasteiger partial charge on any atom is -0.302 e. The van der Waals surface area contributed by atoms with Crippen LogP contribution in [0.25, 0.3) is 16.8 Å². The summed E-state index contributed by atoms with van der Waals surface area (Å²) in [5.41, 5.74) is 7.10. The summed E-state index contributed by atoms with van der Waals surface area (Å²) in [4.78, 5) is 11.2. The summed E-state index contributed by atoms with van der Waals surface area (Å²) in [6.45, 7) is 8.36. The van der Waals surface area contributed by atoms with E-state index in [0.29, 0.717) is 0 Å². The molecule has 0 aromatic carbocycles. The number of imidazole rings is 1. The summed E-state index contributed by atoms with van der Waals surface area (Å²) in [5, 5.41) is 4.61. The molecular weight excluding hydrogens is 310 g/mol. The van der Waals surface area contributed by atoms with Crippen LogP contribution in [0.2, 0.25) is 0 Å². The fraction of sp³-hybridized carbons (Fsp3) is 0.250. The van der Waals surface area contributed by atoms with Gasteiger partial charge in [-0.3, -0.25) is 4.98 Å². The number of pyridine rings is 1. The fourth-order valence-corrected chi connectivity index (χ4v) is 3.16. The standard InChI is InChI=1S/C20H21N5/c1-14(19-4-5-20-21-8-11-25(20)23-19)18-12-17(13-22-15(18)2)16-6-9-24(3)10-7-16/h4-6,8,11-13H,1,7,9-10H2,2-3H3. The van der Waals surface area contributed by atoms with Gasteiger partial charge in [0.05, 0.1) is 5.69 Å². The van der Waals surface area contributed by atoms with Crippen molar-refractivity contribution in [3.63, 3.8) is 0 Å². The maximum Gasteiger partial charge on any atom is 0.153 e. The molecule has 5 nitrogen and oxygen atoms in total. The first-order valence-corrected chi connectivity index (χ1v) is 8.46. The lowest BCUT2D eigenvalue weighted by molar-refractivity contribution is 0.370. The molecule has 0 atom stereocenters. The third kappa shape index (κ3) is 2.98. The van der Waals surface area contributed by atoms with Gasteiger partial charge in [0.25, 0.3) is 0 Å². The Morgan fingerprint density at radius 3 is 2.92 bits per heavy atom. The summed E-state index contributed by atoms with van der Waals surface area (Å²) in [7, 11) is 2.14. The number of hydrogen-bond donors (Lipinski definition) is 0. The van der Waals surface area contributed by atoms with Gasteiger partial charge in [-0.25, -0.2) is 9.50 Å². The molecule has 0 amide bonds. The second-order valence-corrected chi connectivity index (χ2v) is 6.53. The van der Waals surface area contributed by atoms with Gasteiger partial charge in [0, 0.05) is 48.5 Å². The second kappa shape index (κ2) is 6.26. The molecular formula is C20H21N5. The van der Waals surface area contributed by atoms with Crippen molar-refractivity contribution < 1.29 is 0 Å². The van der Waals surface area contributed by atoms with E-state index in [1.54, 1.807) is 10.7 Å². The minimum atomic E-state index is 0.830. The summed E-state index contributed by atoms with van der Waals surface area (Å²) in [6.07, 6.45) is 8.90. The van der Waals surface area contributed by atoms with Gasteiger partial charge in [-0.1, -0.05) is 12.7 Å². The number of fused-ring (bicyclic) bond motifs is 1.